The Morgan fingerprint density at radius 1 is 1.16 bits per heavy atom. The fourth-order valence-corrected chi connectivity index (χ4v) is 4.55. The molecule has 0 spiro atoms. The van der Waals surface area contributed by atoms with E-state index in [4.69, 9.17) is 14.5 Å². The van der Waals surface area contributed by atoms with Gasteiger partial charge in [-0.05, 0) is 44.9 Å². The summed E-state index contributed by atoms with van der Waals surface area (Å²) < 4.78 is 11.9. The van der Waals surface area contributed by atoms with Crippen LogP contribution in [0, 0.1) is 0 Å². The number of aromatic nitrogens is 3. The molecule has 4 rings (SSSR count). The Morgan fingerprint density at radius 2 is 1.91 bits per heavy atom. The summed E-state index contributed by atoms with van der Waals surface area (Å²) in [7, 11) is 0. The second kappa shape index (κ2) is 9.52. The summed E-state index contributed by atoms with van der Waals surface area (Å²) in [6, 6.07) is 7.37. The molecule has 1 aliphatic rings. The highest BCUT2D eigenvalue weighted by molar-refractivity contribution is 7.13. The molecule has 170 valence electrons. The van der Waals surface area contributed by atoms with Crippen molar-refractivity contribution in [3.05, 3.63) is 53.1 Å². The van der Waals surface area contributed by atoms with E-state index in [-0.39, 0.29) is 0 Å². The number of aliphatic hydroxyl groups is 1. The van der Waals surface area contributed by atoms with Crippen LogP contribution in [0.15, 0.2) is 36.7 Å². The van der Waals surface area contributed by atoms with Crippen molar-refractivity contribution < 1.29 is 14.6 Å². The molecule has 7 nitrogen and oxygen atoms in total. The number of rotatable bonds is 7. The molecular formula is C24H30N4O3S. The van der Waals surface area contributed by atoms with Crippen molar-refractivity contribution in [2.24, 2.45) is 0 Å². The average molecular weight is 455 g/mol. The van der Waals surface area contributed by atoms with Crippen LogP contribution in [0.2, 0.25) is 0 Å². The lowest BCUT2D eigenvalue weighted by molar-refractivity contribution is 0.0739. The van der Waals surface area contributed by atoms with Gasteiger partial charge in [0.15, 0.2) is 0 Å². The van der Waals surface area contributed by atoms with Crippen LogP contribution >= 0.6 is 11.3 Å². The lowest BCUT2D eigenvalue weighted by Gasteiger charge is -2.21. The average Bonchev–Trinajstić information content (AvgIpc) is 3.18. The van der Waals surface area contributed by atoms with Crippen molar-refractivity contribution in [2.75, 3.05) is 18.5 Å². The third kappa shape index (κ3) is 5.43. The zero-order valence-electron chi connectivity index (χ0n) is 19.0. The molecule has 0 saturated carbocycles. The van der Waals surface area contributed by atoms with Crippen molar-refractivity contribution in [3.63, 3.8) is 0 Å². The highest BCUT2D eigenvalue weighted by atomic mass is 32.1. The molecule has 0 amide bonds. The van der Waals surface area contributed by atoms with E-state index in [0.29, 0.717) is 29.1 Å². The third-order valence-corrected chi connectivity index (χ3v) is 6.59. The van der Waals surface area contributed by atoms with E-state index in [1.807, 2.05) is 24.3 Å². The lowest BCUT2D eigenvalue weighted by Crippen LogP contribution is -2.17. The number of nitrogens with one attached hydrogen (secondary N) is 1. The number of thiazole rings is 1. The predicted molar refractivity (Wildman–Crippen MR) is 126 cm³/mol. The largest absolute Gasteiger partial charge is 0.444 e. The van der Waals surface area contributed by atoms with E-state index < -0.39 is 5.60 Å². The fourth-order valence-electron chi connectivity index (χ4n) is 3.52. The van der Waals surface area contributed by atoms with Crippen LogP contribution in [0.25, 0.3) is 0 Å². The van der Waals surface area contributed by atoms with Crippen molar-refractivity contribution in [2.45, 2.75) is 58.0 Å². The maximum atomic E-state index is 10.2. The molecule has 1 saturated heterocycles. The van der Waals surface area contributed by atoms with Gasteiger partial charge in [-0.15, -0.1) is 0 Å². The summed E-state index contributed by atoms with van der Waals surface area (Å²) in [6.07, 6.45) is 5.31. The predicted octanol–water partition coefficient (Wildman–Crippen LogP) is 5.71. The first-order valence-corrected chi connectivity index (χ1v) is 11.8. The second-order valence-corrected chi connectivity index (χ2v) is 9.85. The molecule has 3 aromatic rings. The van der Waals surface area contributed by atoms with Crippen LogP contribution in [-0.2, 0) is 10.3 Å². The molecule has 0 aliphatic carbocycles. The van der Waals surface area contributed by atoms with E-state index in [1.54, 1.807) is 37.6 Å². The van der Waals surface area contributed by atoms with E-state index >= 15 is 0 Å². The van der Waals surface area contributed by atoms with E-state index in [0.717, 1.165) is 47.5 Å². The topological polar surface area (TPSA) is 89.4 Å². The minimum Gasteiger partial charge on any atom is -0.444 e. The fraction of sp³-hybridized carbons (Fsp3) is 0.458. The molecule has 0 aromatic carbocycles. The normalized spacial score (nSPS) is 15.2. The Hall–Kier alpha value is -2.55. The Labute approximate surface area is 192 Å². The molecule has 4 heterocycles. The van der Waals surface area contributed by atoms with Gasteiger partial charge in [0.25, 0.3) is 0 Å². The van der Waals surface area contributed by atoms with Crippen LogP contribution in [0.5, 0.6) is 10.8 Å². The van der Waals surface area contributed by atoms with Crippen LogP contribution < -0.4 is 10.1 Å². The Bertz CT molecular complexity index is 1060. The van der Waals surface area contributed by atoms with Gasteiger partial charge >= 0.3 is 0 Å². The highest BCUT2D eigenvalue weighted by Crippen LogP contribution is 2.41. The lowest BCUT2D eigenvalue weighted by atomic mass is 9.97. The summed E-state index contributed by atoms with van der Waals surface area (Å²) in [5, 5.41) is 15.4. The molecule has 32 heavy (non-hydrogen) atoms. The van der Waals surface area contributed by atoms with Gasteiger partial charge in [-0.3, -0.25) is 4.98 Å². The minimum absolute atomic E-state index is 0.349. The molecule has 0 atom stereocenters. The van der Waals surface area contributed by atoms with Crippen LogP contribution in [0.3, 0.4) is 0 Å². The van der Waals surface area contributed by atoms with E-state index in [1.165, 1.54) is 0 Å². The number of nitrogens with zero attached hydrogens (tertiary/aromatic N) is 3. The van der Waals surface area contributed by atoms with Crippen LogP contribution in [-0.4, -0.2) is 33.3 Å². The zero-order chi connectivity index (χ0) is 22.7. The molecule has 0 unspecified atom stereocenters. The molecule has 2 N–H and O–H groups in total. The van der Waals surface area contributed by atoms with Gasteiger partial charge in [0.1, 0.15) is 17.2 Å². The van der Waals surface area contributed by atoms with Gasteiger partial charge in [0.2, 0.25) is 5.06 Å². The van der Waals surface area contributed by atoms with Gasteiger partial charge in [-0.1, -0.05) is 25.2 Å². The molecular weight excluding hydrogens is 424 g/mol. The summed E-state index contributed by atoms with van der Waals surface area (Å²) >= 11 is 1.62. The van der Waals surface area contributed by atoms with Crippen molar-refractivity contribution >= 4 is 22.8 Å². The first kappa shape index (κ1) is 22.6. The third-order valence-electron chi connectivity index (χ3n) is 5.34. The molecule has 1 aliphatic heterocycles. The van der Waals surface area contributed by atoms with Crippen molar-refractivity contribution in [3.8, 4) is 10.8 Å². The van der Waals surface area contributed by atoms with Gasteiger partial charge in [0, 0.05) is 49.2 Å². The maximum Gasteiger partial charge on any atom is 0.204 e. The van der Waals surface area contributed by atoms with Crippen molar-refractivity contribution in [1.82, 2.24) is 15.0 Å². The molecule has 1 fully saturated rings. The van der Waals surface area contributed by atoms with Crippen LogP contribution in [0.1, 0.15) is 68.8 Å². The molecule has 3 aromatic heterocycles. The molecule has 0 radical (unpaired) electrons. The first-order valence-electron chi connectivity index (χ1n) is 11.0. The monoisotopic (exact) mass is 454 g/mol. The molecule has 8 heteroatoms. The number of ether oxygens (including phenoxy) is 2. The van der Waals surface area contributed by atoms with Crippen LogP contribution in [0.4, 0.5) is 11.5 Å². The SMILES string of the molecule is CC(C)c1nc(C2CCOCC2)c(Oc2ccnc(Nc3ccnc(C(C)(C)O)c3)c2)s1. The smallest absolute Gasteiger partial charge is 0.204 e. The first-order chi connectivity index (χ1) is 15.3. The molecule has 0 bridgehead atoms. The second-order valence-electron chi connectivity index (χ2n) is 8.86. The number of hydrogen-bond acceptors (Lipinski definition) is 8. The van der Waals surface area contributed by atoms with Gasteiger partial charge in [0.05, 0.1) is 16.4 Å². The zero-order valence-corrected chi connectivity index (χ0v) is 19.8. The Morgan fingerprint density at radius 3 is 2.62 bits per heavy atom. The number of hydrogen-bond donors (Lipinski definition) is 2. The van der Waals surface area contributed by atoms with Gasteiger partial charge in [-0.2, -0.15) is 0 Å². The van der Waals surface area contributed by atoms with Gasteiger partial charge < -0.3 is 19.9 Å². The Kier molecular flexibility index (Phi) is 6.74. The standard InChI is InChI=1S/C24H30N4O3S/c1-15(2)22-28-21(16-7-11-30-12-8-16)23(32-22)31-18-6-10-26-20(14-18)27-17-5-9-25-19(13-17)24(3,4)29/h5-6,9-10,13-16,29H,7-8,11-12H2,1-4H3,(H,25,26,27). The summed E-state index contributed by atoms with van der Waals surface area (Å²) in [5.41, 5.74) is 1.40. The number of pyridine rings is 2. The summed E-state index contributed by atoms with van der Waals surface area (Å²) in [4.78, 5) is 13.6. The Balaban J connectivity index is 1.56. The summed E-state index contributed by atoms with van der Waals surface area (Å²) in [6.45, 7) is 9.26. The number of anilines is 2. The van der Waals surface area contributed by atoms with E-state index in [2.05, 4.69) is 29.1 Å². The maximum absolute atomic E-state index is 10.2. The quantitative estimate of drug-likeness (QED) is 0.472. The highest BCUT2D eigenvalue weighted by Gasteiger charge is 2.25. The minimum atomic E-state index is -1.02. The van der Waals surface area contributed by atoms with Crippen molar-refractivity contribution in [1.29, 1.82) is 0 Å². The van der Waals surface area contributed by atoms with E-state index in [9.17, 15) is 5.11 Å². The summed E-state index contributed by atoms with van der Waals surface area (Å²) in [5.74, 6) is 2.06. The van der Waals surface area contributed by atoms with Gasteiger partial charge in [-0.25, -0.2) is 9.97 Å².